The van der Waals surface area contributed by atoms with Crippen LogP contribution in [0.2, 0.25) is 0 Å². The second kappa shape index (κ2) is 5.30. The van der Waals surface area contributed by atoms with Crippen LogP contribution in [-0.2, 0) is 6.42 Å². The molecular weight excluding hydrogens is 311 g/mol. The molecule has 0 nitrogen and oxygen atoms in total. The molecule has 84 valence electrons. The molecule has 1 heterocycles. The van der Waals surface area contributed by atoms with Crippen molar-refractivity contribution in [1.82, 2.24) is 0 Å². The molecule has 0 N–H and O–H groups in total. The van der Waals surface area contributed by atoms with E-state index in [0.717, 1.165) is 14.9 Å². The molecule has 0 aliphatic carbocycles. The number of benzene rings is 1. The highest BCUT2D eigenvalue weighted by Crippen LogP contribution is 2.35. The predicted octanol–water partition coefficient (Wildman–Crippen LogP) is 5.17. The first-order chi connectivity index (χ1) is 7.66. The molecule has 0 aliphatic heterocycles. The summed E-state index contributed by atoms with van der Waals surface area (Å²) in [7, 11) is 0. The van der Waals surface area contributed by atoms with Gasteiger partial charge in [0.25, 0.3) is 0 Å². The van der Waals surface area contributed by atoms with E-state index in [9.17, 15) is 4.39 Å². The summed E-state index contributed by atoms with van der Waals surface area (Å²) < 4.78 is 14.0. The molecule has 2 aromatic rings. The zero-order chi connectivity index (χ0) is 11.5. The van der Waals surface area contributed by atoms with Crippen LogP contribution in [0.5, 0.6) is 0 Å². The van der Waals surface area contributed by atoms with Crippen molar-refractivity contribution in [3.05, 3.63) is 56.4 Å². The van der Waals surface area contributed by atoms with Crippen LogP contribution in [0.15, 0.2) is 40.2 Å². The van der Waals surface area contributed by atoms with Gasteiger partial charge in [-0.3, -0.25) is 0 Å². The number of alkyl halides is 1. The molecule has 1 aromatic carbocycles. The molecule has 0 saturated heterocycles. The van der Waals surface area contributed by atoms with Gasteiger partial charge in [-0.05, 0) is 51.5 Å². The molecule has 1 aromatic heterocycles. The standard InChI is InChI=1S/C12H9BrClFS/c13-10-4-5-16-12(10)11(14)7-8-2-1-3-9(15)6-8/h1-6,11H,7H2. The van der Waals surface area contributed by atoms with E-state index in [2.05, 4.69) is 15.9 Å². The zero-order valence-corrected chi connectivity index (χ0v) is 11.4. The fourth-order valence-corrected chi connectivity index (χ4v) is 3.70. The molecule has 0 saturated carbocycles. The lowest BCUT2D eigenvalue weighted by molar-refractivity contribution is 0.625. The molecule has 1 atom stereocenters. The molecule has 0 radical (unpaired) electrons. The van der Waals surface area contributed by atoms with Gasteiger partial charge in [0.1, 0.15) is 5.82 Å². The molecule has 0 fully saturated rings. The van der Waals surface area contributed by atoms with Crippen LogP contribution in [0.3, 0.4) is 0 Å². The van der Waals surface area contributed by atoms with Crippen LogP contribution in [0.1, 0.15) is 15.8 Å². The predicted molar refractivity (Wildman–Crippen MR) is 70.7 cm³/mol. The van der Waals surface area contributed by atoms with E-state index in [1.165, 1.54) is 12.1 Å². The Balaban J connectivity index is 2.14. The van der Waals surface area contributed by atoms with Crippen molar-refractivity contribution in [1.29, 1.82) is 0 Å². The Morgan fingerprint density at radius 1 is 1.38 bits per heavy atom. The Hall–Kier alpha value is -0.380. The van der Waals surface area contributed by atoms with E-state index in [4.69, 9.17) is 11.6 Å². The second-order valence-electron chi connectivity index (χ2n) is 3.43. The van der Waals surface area contributed by atoms with Crippen molar-refractivity contribution in [2.75, 3.05) is 0 Å². The van der Waals surface area contributed by atoms with E-state index in [-0.39, 0.29) is 11.2 Å². The Kier molecular flexibility index (Phi) is 4.00. The Morgan fingerprint density at radius 2 is 2.19 bits per heavy atom. The summed E-state index contributed by atoms with van der Waals surface area (Å²) in [4.78, 5) is 1.09. The monoisotopic (exact) mass is 318 g/mol. The average molecular weight is 320 g/mol. The van der Waals surface area contributed by atoms with Crippen molar-refractivity contribution >= 4 is 38.9 Å². The summed E-state index contributed by atoms with van der Waals surface area (Å²) in [5.74, 6) is -0.216. The largest absolute Gasteiger partial charge is 0.207 e. The van der Waals surface area contributed by atoms with Gasteiger partial charge in [-0.2, -0.15) is 0 Å². The first-order valence-electron chi connectivity index (χ1n) is 4.78. The minimum atomic E-state index is -0.216. The number of thiophene rings is 1. The van der Waals surface area contributed by atoms with Crippen molar-refractivity contribution < 1.29 is 4.39 Å². The molecule has 2 rings (SSSR count). The van der Waals surface area contributed by atoms with Crippen molar-refractivity contribution in [2.24, 2.45) is 0 Å². The van der Waals surface area contributed by atoms with E-state index < -0.39 is 0 Å². The van der Waals surface area contributed by atoms with Gasteiger partial charge >= 0.3 is 0 Å². The van der Waals surface area contributed by atoms with Crippen LogP contribution in [0.4, 0.5) is 4.39 Å². The molecule has 16 heavy (non-hydrogen) atoms. The van der Waals surface area contributed by atoms with Crippen LogP contribution >= 0.6 is 38.9 Å². The second-order valence-corrected chi connectivity index (χ2v) is 5.76. The van der Waals surface area contributed by atoms with E-state index in [0.29, 0.717) is 6.42 Å². The molecule has 0 amide bonds. The Morgan fingerprint density at radius 3 is 2.81 bits per heavy atom. The van der Waals surface area contributed by atoms with Gasteiger partial charge in [-0.15, -0.1) is 22.9 Å². The maximum absolute atomic E-state index is 13.0. The minimum absolute atomic E-state index is 0.115. The third-order valence-corrected chi connectivity index (χ3v) is 4.72. The number of hydrogen-bond acceptors (Lipinski definition) is 1. The molecule has 4 heteroatoms. The molecule has 1 unspecified atom stereocenters. The van der Waals surface area contributed by atoms with Gasteiger partial charge in [0, 0.05) is 9.35 Å². The van der Waals surface area contributed by atoms with Gasteiger partial charge in [0.05, 0.1) is 5.38 Å². The Labute approximate surface area is 111 Å². The topological polar surface area (TPSA) is 0 Å². The summed E-state index contributed by atoms with van der Waals surface area (Å²) in [6.45, 7) is 0. The number of hydrogen-bond donors (Lipinski definition) is 0. The first-order valence-corrected chi connectivity index (χ1v) is 6.89. The van der Waals surface area contributed by atoms with Crippen molar-refractivity contribution in [3.63, 3.8) is 0 Å². The van der Waals surface area contributed by atoms with Crippen LogP contribution < -0.4 is 0 Å². The smallest absolute Gasteiger partial charge is 0.123 e. The summed E-state index contributed by atoms with van der Waals surface area (Å²) in [6, 6.07) is 8.53. The van der Waals surface area contributed by atoms with Crippen molar-refractivity contribution in [3.8, 4) is 0 Å². The maximum Gasteiger partial charge on any atom is 0.123 e. The highest BCUT2D eigenvalue weighted by molar-refractivity contribution is 9.10. The van der Waals surface area contributed by atoms with E-state index in [1.807, 2.05) is 17.5 Å². The van der Waals surface area contributed by atoms with Gasteiger partial charge in [0.15, 0.2) is 0 Å². The summed E-state index contributed by atoms with van der Waals surface area (Å²) >= 11 is 11.4. The molecule has 0 aliphatic rings. The van der Waals surface area contributed by atoms with Crippen LogP contribution in [0, 0.1) is 5.82 Å². The normalized spacial score (nSPS) is 12.7. The quantitative estimate of drug-likeness (QED) is 0.684. The zero-order valence-electron chi connectivity index (χ0n) is 8.29. The van der Waals surface area contributed by atoms with Gasteiger partial charge in [0.2, 0.25) is 0 Å². The first kappa shape index (κ1) is 12.1. The molecular formula is C12H9BrClFS. The Bertz CT molecular complexity index is 483. The van der Waals surface area contributed by atoms with E-state index in [1.54, 1.807) is 17.4 Å². The molecule has 0 spiro atoms. The number of halogens is 3. The van der Waals surface area contributed by atoms with Crippen LogP contribution in [-0.4, -0.2) is 0 Å². The lowest BCUT2D eigenvalue weighted by Crippen LogP contribution is -1.94. The van der Waals surface area contributed by atoms with Gasteiger partial charge in [-0.25, -0.2) is 4.39 Å². The van der Waals surface area contributed by atoms with Gasteiger partial charge in [-0.1, -0.05) is 12.1 Å². The van der Waals surface area contributed by atoms with Crippen LogP contribution in [0.25, 0.3) is 0 Å². The maximum atomic E-state index is 13.0. The highest BCUT2D eigenvalue weighted by atomic mass is 79.9. The fraction of sp³-hybridized carbons (Fsp3) is 0.167. The van der Waals surface area contributed by atoms with Gasteiger partial charge < -0.3 is 0 Å². The fourth-order valence-electron chi connectivity index (χ4n) is 1.49. The summed E-state index contributed by atoms with van der Waals surface area (Å²) in [6.07, 6.45) is 0.637. The molecule has 0 bridgehead atoms. The SMILES string of the molecule is Fc1cccc(CC(Cl)c2sccc2Br)c1. The number of rotatable bonds is 3. The highest BCUT2D eigenvalue weighted by Gasteiger charge is 2.13. The minimum Gasteiger partial charge on any atom is -0.207 e. The third-order valence-electron chi connectivity index (χ3n) is 2.23. The lowest BCUT2D eigenvalue weighted by Gasteiger charge is -2.08. The lowest BCUT2D eigenvalue weighted by atomic mass is 10.1. The van der Waals surface area contributed by atoms with Crippen molar-refractivity contribution in [2.45, 2.75) is 11.8 Å². The summed E-state index contributed by atoms with van der Waals surface area (Å²) in [5, 5.41) is 1.87. The summed E-state index contributed by atoms with van der Waals surface area (Å²) in [5.41, 5.74) is 0.917. The average Bonchev–Trinajstić information content (AvgIpc) is 2.64. The van der Waals surface area contributed by atoms with E-state index >= 15 is 0 Å². The third kappa shape index (κ3) is 2.84.